The molecule has 5 heteroatoms. The molecule has 0 unspecified atom stereocenters. The lowest BCUT2D eigenvalue weighted by atomic mass is 10.2. The average molecular weight is 221 g/mol. The van der Waals surface area contributed by atoms with Crippen molar-refractivity contribution in [2.75, 3.05) is 6.61 Å². The Bertz CT molecular complexity index is 408. The van der Waals surface area contributed by atoms with Crippen LogP contribution in [0, 0.1) is 0 Å². The molecule has 0 atom stereocenters. The van der Waals surface area contributed by atoms with E-state index in [9.17, 15) is 9.59 Å². The van der Waals surface area contributed by atoms with Gasteiger partial charge in [-0.2, -0.15) is 0 Å². The van der Waals surface area contributed by atoms with Crippen molar-refractivity contribution in [2.45, 2.75) is 6.92 Å². The summed E-state index contributed by atoms with van der Waals surface area (Å²) in [4.78, 5) is 25.3. The average Bonchev–Trinajstić information content (AvgIpc) is 2.27. The minimum atomic E-state index is -1.03. The highest BCUT2D eigenvalue weighted by Gasteiger charge is 2.06. The van der Waals surface area contributed by atoms with Gasteiger partial charge in [0.1, 0.15) is 5.69 Å². The molecule has 0 saturated heterocycles. The molecule has 84 valence electrons. The number of esters is 1. The van der Waals surface area contributed by atoms with Gasteiger partial charge in [-0.15, -0.1) is 0 Å². The van der Waals surface area contributed by atoms with Crippen molar-refractivity contribution in [2.24, 2.45) is 0 Å². The Morgan fingerprint density at radius 1 is 1.50 bits per heavy atom. The van der Waals surface area contributed by atoms with Crippen LogP contribution in [0.2, 0.25) is 0 Å². The van der Waals surface area contributed by atoms with Gasteiger partial charge in [0.15, 0.2) is 0 Å². The van der Waals surface area contributed by atoms with E-state index in [0.29, 0.717) is 12.2 Å². The Hall–Kier alpha value is -2.17. The Balaban J connectivity index is 2.75. The zero-order valence-electron chi connectivity index (χ0n) is 8.71. The van der Waals surface area contributed by atoms with Crippen LogP contribution in [0.3, 0.4) is 0 Å². The summed E-state index contributed by atoms with van der Waals surface area (Å²) in [6.07, 6.45) is 3.80. The maximum atomic E-state index is 11.2. The molecule has 0 aliphatic rings. The van der Waals surface area contributed by atoms with Gasteiger partial charge in [0.2, 0.25) is 0 Å². The van der Waals surface area contributed by atoms with E-state index in [2.05, 4.69) is 4.98 Å². The number of carbonyl (C=O) groups is 2. The number of hydrogen-bond donors (Lipinski definition) is 1. The van der Waals surface area contributed by atoms with Gasteiger partial charge in [-0.3, -0.25) is 0 Å². The summed E-state index contributed by atoms with van der Waals surface area (Å²) in [5.41, 5.74) is 0.810. The highest BCUT2D eigenvalue weighted by atomic mass is 16.5. The number of carboxylic acids is 1. The van der Waals surface area contributed by atoms with E-state index < -0.39 is 11.9 Å². The van der Waals surface area contributed by atoms with Crippen LogP contribution in [-0.4, -0.2) is 28.6 Å². The van der Waals surface area contributed by atoms with Crippen LogP contribution in [-0.2, 0) is 9.53 Å². The molecule has 0 aliphatic heterocycles. The van der Waals surface area contributed by atoms with Gasteiger partial charge in [0.25, 0.3) is 0 Å². The number of hydrogen-bond acceptors (Lipinski definition) is 4. The van der Waals surface area contributed by atoms with Crippen LogP contribution >= 0.6 is 0 Å². The Labute approximate surface area is 92.4 Å². The quantitative estimate of drug-likeness (QED) is 0.613. The number of carboxylic acid groups (broad SMARTS) is 1. The molecule has 0 amide bonds. The monoisotopic (exact) mass is 221 g/mol. The SMILES string of the molecule is CCOC(=O)c1ccc(C=CC(=O)O)cn1. The molecule has 16 heavy (non-hydrogen) atoms. The maximum Gasteiger partial charge on any atom is 0.356 e. The predicted molar refractivity (Wildman–Crippen MR) is 56.9 cm³/mol. The smallest absolute Gasteiger partial charge is 0.356 e. The second-order valence-corrected chi connectivity index (χ2v) is 2.87. The van der Waals surface area contributed by atoms with Crippen LogP contribution in [0.25, 0.3) is 6.08 Å². The minimum Gasteiger partial charge on any atom is -0.478 e. The molecule has 0 aliphatic carbocycles. The van der Waals surface area contributed by atoms with E-state index in [1.54, 1.807) is 13.0 Å². The van der Waals surface area contributed by atoms with E-state index in [0.717, 1.165) is 6.08 Å². The number of carbonyl (C=O) groups excluding carboxylic acids is 1. The van der Waals surface area contributed by atoms with E-state index in [1.165, 1.54) is 18.3 Å². The van der Waals surface area contributed by atoms with E-state index >= 15 is 0 Å². The Morgan fingerprint density at radius 3 is 2.75 bits per heavy atom. The summed E-state index contributed by atoms with van der Waals surface area (Å²) < 4.78 is 4.75. The highest BCUT2D eigenvalue weighted by Crippen LogP contribution is 2.03. The molecule has 1 aromatic heterocycles. The lowest BCUT2D eigenvalue weighted by Crippen LogP contribution is -2.06. The second-order valence-electron chi connectivity index (χ2n) is 2.87. The van der Waals surface area contributed by atoms with E-state index in [-0.39, 0.29) is 5.69 Å². The number of aliphatic carboxylic acids is 1. The minimum absolute atomic E-state index is 0.203. The third-order valence-electron chi connectivity index (χ3n) is 1.69. The maximum absolute atomic E-state index is 11.2. The van der Waals surface area contributed by atoms with Gasteiger partial charge in [0.05, 0.1) is 6.61 Å². The predicted octanol–water partition coefficient (Wildman–Crippen LogP) is 1.36. The van der Waals surface area contributed by atoms with Crippen LogP contribution in [0.15, 0.2) is 24.4 Å². The van der Waals surface area contributed by atoms with Crippen molar-refractivity contribution in [1.29, 1.82) is 0 Å². The van der Waals surface area contributed by atoms with Gasteiger partial charge >= 0.3 is 11.9 Å². The largest absolute Gasteiger partial charge is 0.478 e. The Kier molecular flexibility index (Phi) is 4.20. The van der Waals surface area contributed by atoms with Crippen molar-refractivity contribution in [1.82, 2.24) is 4.98 Å². The number of ether oxygens (including phenoxy) is 1. The molecule has 0 aromatic carbocycles. The summed E-state index contributed by atoms with van der Waals surface area (Å²) in [6.45, 7) is 2.00. The van der Waals surface area contributed by atoms with Gasteiger partial charge in [-0.05, 0) is 24.6 Å². The Morgan fingerprint density at radius 2 is 2.25 bits per heavy atom. The first-order chi connectivity index (χ1) is 7.63. The highest BCUT2D eigenvalue weighted by molar-refractivity contribution is 5.88. The van der Waals surface area contributed by atoms with Gasteiger partial charge in [0, 0.05) is 12.3 Å². The lowest BCUT2D eigenvalue weighted by Gasteiger charge is -2.00. The fourth-order valence-electron chi connectivity index (χ4n) is 0.997. The summed E-state index contributed by atoms with van der Waals surface area (Å²) in [6, 6.07) is 3.08. The number of nitrogens with zero attached hydrogens (tertiary/aromatic N) is 1. The first-order valence-electron chi connectivity index (χ1n) is 4.67. The molecule has 1 rings (SSSR count). The van der Waals surface area contributed by atoms with Crippen LogP contribution in [0.1, 0.15) is 23.0 Å². The first kappa shape index (κ1) is 11.9. The molecule has 5 nitrogen and oxygen atoms in total. The number of aromatic nitrogens is 1. The molecule has 1 aromatic rings. The topological polar surface area (TPSA) is 76.5 Å². The second kappa shape index (κ2) is 5.65. The zero-order valence-corrected chi connectivity index (χ0v) is 8.71. The van der Waals surface area contributed by atoms with Crippen molar-refractivity contribution in [3.05, 3.63) is 35.7 Å². The molecular formula is C11H11NO4. The van der Waals surface area contributed by atoms with E-state index in [1.807, 2.05) is 0 Å². The molecule has 0 saturated carbocycles. The third-order valence-corrected chi connectivity index (χ3v) is 1.69. The fourth-order valence-corrected chi connectivity index (χ4v) is 0.997. The van der Waals surface area contributed by atoms with Gasteiger partial charge in [-0.25, -0.2) is 14.6 Å². The summed E-state index contributed by atoms with van der Waals surface area (Å²) >= 11 is 0. The zero-order chi connectivity index (χ0) is 12.0. The van der Waals surface area contributed by atoms with Gasteiger partial charge in [-0.1, -0.05) is 6.07 Å². The molecular weight excluding hydrogens is 210 g/mol. The van der Waals surface area contributed by atoms with Gasteiger partial charge < -0.3 is 9.84 Å². The van der Waals surface area contributed by atoms with Crippen LogP contribution in [0.4, 0.5) is 0 Å². The molecule has 0 fully saturated rings. The summed E-state index contributed by atoms with van der Waals surface area (Å²) in [7, 11) is 0. The molecule has 0 radical (unpaired) electrons. The fraction of sp³-hybridized carbons (Fsp3) is 0.182. The van der Waals surface area contributed by atoms with Crippen LogP contribution in [0.5, 0.6) is 0 Å². The van der Waals surface area contributed by atoms with Crippen molar-refractivity contribution in [3.63, 3.8) is 0 Å². The normalized spacial score (nSPS) is 10.3. The first-order valence-corrected chi connectivity index (χ1v) is 4.67. The standard InChI is InChI=1S/C11H11NO4/c1-2-16-11(15)9-5-3-8(7-12-9)4-6-10(13)14/h3-7H,2H2,1H3,(H,13,14). The third kappa shape index (κ3) is 3.53. The molecule has 0 bridgehead atoms. The lowest BCUT2D eigenvalue weighted by molar-refractivity contribution is -0.131. The molecule has 1 heterocycles. The summed E-state index contributed by atoms with van der Waals surface area (Å²) in [5.74, 6) is -1.52. The van der Waals surface area contributed by atoms with Crippen LogP contribution < -0.4 is 0 Å². The van der Waals surface area contributed by atoms with Crippen molar-refractivity contribution >= 4 is 18.0 Å². The van der Waals surface area contributed by atoms with Crippen molar-refractivity contribution in [3.8, 4) is 0 Å². The number of rotatable bonds is 4. The summed E-state index contributed by atoms with van der Waals surface area (Å²) in [5, 5.41) is 8.41. The van der Waals surface area contributed by atoms with Crippen molar-refractivity contribution < 1.29 is 19.4 Å². The molecule has 1 N–H and O–H groups in total. The van der Waals surface area contributed by atoms with E-state index in [4.69, 9.17) is 9.84 Å². The number of pyridine rings is 1. The molecule has 0 spiro atoms.